The highest BCUT2D eigenvalue weighted by molar-refractivity contribution is 6.30. The molecular formula is C16H17ClN2O. The Morgan fingerprint density at radius 1 is 1.40 bits per heavy atom. The number of pyridine rings is 1. The predicted octanol–water partition coefficient (Wildman–Crippen LogP) is 3.76. The van der Waals surface area contributed by atoms with Crippen LogP contribution in [0.4, 0.5) is 0 Å². The third-order valence-corrected chi connectivity index (χ3v) is 4.21. The van der Waals surface area contributed by atoms with Crippen LogP contribution in [0.15, 0.2) is 30.3 Å². The molecule has 0 bridgehead atoms. The molecule has 1 heterocycles. The van der Waals surface area contributed by atoms with Crippen LogP contribution in [0.25, 0.3) is 10.9 Å². The first kappa shape index (κ1) is 13.4. The van der Waals surface area contributed by atoms with Crippen molar-refractivity contribution in [3.63, 3.8) is 0 Å². The number of hydrogen-bond donors (Lipinski definition) is 0. The van der Waals surface area contributed by atoms with Gasteiger partial charge in [-0.05, 0) is 30.9 Å². The molecule has 104 valence electrons. The van der Waals surface area contributed by atoms with Crippen molar-refractivity contribution in [3.8, 4) is 0 Å². The van der Waals surface area contributed by atoms with Gasteiger partial charge in [-0.1, -0.05) is 36.2 Å². The number of benzene rings is 1. The average Bonchev–Trinajstić information content (AvgIpc) is 2.40. The van der Waals surface area contributed by atoms with E-state index in [1.54, 1.807) is 6.07 Å². The van der Waals surface area contributed by atoms with Crippen LogP contribution in [-0.4, -0.2) is 29.4 Å². The van der Waals surface area contributed by atoms with Crippen molar-refractivity contribution in [2.24, 2.45) is 5.92 Å². The summed E-state index contributed by atoms with van der Waals surface area (Å²) in [4.78, 5) is 18.7. The molecule has 20 heavy (non-hydrogen) atoms. The van der Waals surface area contributed by atoms with Gasteiger partial charge in [0.25, 0.3) is 5.91 Å². The molecule has 0 unspecified atom stereocenters. The van der Waals surface area contributed by atoms with Crippen molar-refractivity contribution in [3.05, 3.63) is 41.0 Å². The second-order valence-electron chi connectivity index (χ2n) is 5.49. The van der Waals surface area contributed by atoms with E-state index in [-0.39, 0.29) is 5.91 Å². The van der Waals surface area contributed by atoms with E-state index in [1.807, 2.05) is 36.2 Å². The molecule has 1 saturated carbocycles. The zero-order valence-electron chi connectivity index (χ0n) is 11.5. The highest BCUT2D eigenvalue weighted by Crippen LogP contribution is 2.28. The quantitative estimate of drug-likeness (QED) is 0.806. The van der Waals surface area contributed by atoms with Crippen LogP contribution in [0.1, 0.15) is 29.6 Å². The minimum absolute atomic E-state index is 0.0254. The number of fused-ring (bicyclic) bond motifs is 1. The molecule has 1 aliphatic rings. The molecule has 0 saturated heterocycles. The Labute approximate surface area is 123 Å². The maximum absolute atomic E-state index is 12.6. The minimum Gasteiger partial charge on any atom is -0.341 e. The number of aromatic nitrogens is 1. The number of para-hydroxylation sites is 1. The maximum atomic E-state index is 12.6. The summed E-state index contributed by atoms with van der Waals surface area (Å²) in [5.74, 6) is 0.685. The first-order valence-corrected chi connectivity index (χ1v) is 7.33. The second-order valence-corrected chi connectivity index (χ2v) is 5.88. The maximum Gasteiger partial charge on any atom is 0.254 e. The molecule has 0 spiro atoms. The van der Waals surface area contributed by atoms with Gasteiger partial charge >= 0.3 is 0 Å². The van der Waals surface area contributed by atoms with Gasteiger partial charge in [0.05, 0.1) is 11.1 Å². The lowest BCUT2D eigenvalue weighted by Gasteiger charge is -2.30. The van der Waals surface area contributed by atoms with Crippen LogP contribution in [0.2, 0.25) is 5.15 Å². The molecule has 3 nitrogen and oxygen atoms in total. The molecule has 0 aliphatic heterocycles. The summed E-state index contributed by atoms with van der Waals surface area (Å²) in [7, 11) is 1.86. The normalized spacial score (nSPS) is 15.1. The third-order valence-electron chi connectivity index (χ3n) is 4.02. The van der Waals surface area contributed by atoms with Crippen LogP contribution >= 0.6 is 11.6 Å². The summed E-state index contributed by atoms with van der Waals surface area (Å²) in [6.45, 7) is 0.826. The van der Waals surface area contributed by atoms with Crippen molar-refractivity contribution in [2.45, 2.75) is 19.3 Å². The lowest BCUT2D eigenvalue weighted by molar-refractivity contribution is 0.0747. The van der Waals surface area contributed by atoms with Gasteiger partial charge in [0.2, 0.25) is 0 Å². The van der Waals surface area contributed by atoms with Crippen LogP contribution < -0.4 is 0 Å². The third kappa shape index (κ3) is 2.50. The van der Waals surface area contributed by atoms with E-state index in [0.717, 1.165) is 17.4 Å². The highest BCUT2D eigenvalue weighted by atomic mass is 35.5. The van der Waals surface area contributed by atoms with E-state index in [0.29, 0.717) is 16.6 Å². The van der Waals surface area contributed by atoms with Gasteiger partial charge in [-0.3, -0.25) is 4.79 Å². The van der Waals surface area contributed by atoms with E-state index < -0.39 is 0 Å². The standard InChI is InChI=1S/C16H17ClN2O/c1-19(10-11-5-4-6-11)16(20)13-9-15(17)18-14-8-3-2-7-12(13)14/h2-3,7-9,11H,4-6,10H2,1H3. The number of hydrogen-bond acceptors (Lipinski definition) is 2. The van der Waals surface area contributed by atoms with Gasteiger partial charge in [0.1, 0.15) is 5.15 Å². The summed E-state index contributed by atoms with van der Waals surface area (Å²) in [5.41, 5.74) is 1.41. The second kappa shape index (κ2) is 5.41. The Balaban J connectivity index is 1.93. The predicted molar refractivity (Wildman–Crippen MR) is 81.1 cm³/mol. The Morgan fingerprint density at radius 2 is 2.15 bits per heavy atom. The Bertz CT molecular complexity index is 652. The van der Waals surface area contributed by atoms with Gasteiger partial charge < -0.3 is 4.90 Å². The molecule has 0 atom stereocenters. The number of amides is 1. The molecule has 1 aromatic heterocycles. The molecule has 1 aromatic carbocycles. The van der Waals surface area contributed by atoms with E-state index in [2.05, 4.69) is 4.98 Å². The molecule has 4 heteroatoms. The smallest absolute Gasteiger partial charge is 0.254 e. The number of halogens is 1. The number of carbonyl (C=O) groups is 1. The van der Waals surface area contributed by atoms with Crippen molar-refractivity contribution in [1.82, 2.24) is 9.88 Å². The SMILES string of the molecule is CN(CC1CCC1)C(=O)c1cc(Cl)nc2ccccc12. The molecular weight excluding hydrogens is 272 g/mol. The molecule has 1 fully saturated rings. The van der Waals surface area contributed by atoms with Gasteiger partial charge in [0.15, 0.2) is 0 Å². The fourth-order valence-corrected chi connectivity index (χ4v) is 2.87. The zero-order valence-corrected chi connectivity index (χ0v) is 12.2. The molecule has 0 N–H and O–H groups in total. The molecule has 0 radical (unpaired) electrons. The van der Waals surface area contributed by atoms with Gasteiger partial charge in [-0.2, -0.15) is 0 Å². The largest absolute Gasteiger partial charge is 0.341 e. The summed E-state index contributed by atoms with van der Waals surface area (Å²) >= 11 is 6.03. The molecule has 2 aromatic rings. The zero-order chi connectivity index (χ0) is 14.1. The lowest BCUT2D eigenvalue weighted by Crippen LogP contribution is -2.34. The Morgan fingerprint density at radius 3 is 2.85 bits per heavy atom. The van der Waals surface area contributed by atoms with Crippen LogP contribution in [0.3, 0.4) is 0 Å². The summed E-state index contributed by atoms with van der Waals surface area (Å²) < 4.78 is 0. The molecule has 1 aliphatic carbocycles. The van der Waals surface area contributed by atoms with E-state index in [1.165, 1.54) is 19.3 Å². The van der Waals surface area contributed by atoms with Gasteiger partial charge in [-0.15, -0.1) is 0 Å². The van der Waals surface area contributed by atoms with E-state index in [9.17, 15) is 4.79 Å². The Kier molecular flexibility index (Phi) is 3.62. The van der Waals surface area contributed by atoms with Gasteiger partial charge in [-0.25, -0.2) is 4.98 Å². The summed E-state index contributed by atoms with van der Waals surface area (Å²) in [6, 6.07) is 9.29. The summed E-state index contributed by atoms with van der Waals surface area (Å²) in [6.07, 6.45) is 3.75. The first-order valence-electron chi connectivity index (χ1n) is 6.96. The minimum atomic E-state index is 0.0254. The van der Waals surface area contributed by atoms with Crippen molar-refractivity contribution < 1.29 is 4.79 Å². The fraction of sp³-hybridized carbons (Fsp3) is 0.375. The highest BCUT2D eigenvalue weighted by Gasteiger charge is 2.23. The summed E-state index contributed by atoms with van der Waals surface area (Å²) in [5, 5.41) is 1.23. The van der Waals surface area contributed by atoms with Crippen molar-refractivity contribution in [1.29, 1.82) is 0 Å². The average molecular weight is 289 g/mol. The Hall–Kier alpha value is -1.61. The first-order chi connectivity index (χ1) is 9.65. The van der Waals surface area contributed by atoms with Crippen LogP contribution in [0, 0.1) is 5.92 Å². The molecule has 1 amide bonds. The topological polar surface area (TPSA) is 33.2 Å². The van der Waals surface area contributed by atoms with Crippen LogP contribution in [0.5, 0.6) is 0 Å². The lowest BCUT2D eigenvalue weighted by atomic mass is 9.85. The monoisotopic (exact) mass is 288 g/mol. The fourth-order valence-electron chi connectivity index (χ4n) is 2.67. The number of nitrogens with zero attached hydrogens (tertiary/aromatic N) is 2. The van der Waals surface area contributed by atoms with Crippen molar-refractivity contribution in [2.75, 3.05) is 13.6 Å². The van der Waals surface area contributed by atoms with Crippen LogP contribution in [-0.2, 0) is 0 Å². The van der Waals surface area contributed by atoms with E-state index in [4.69, 9.17) is 11.6 Å². The van der Waals surface area contributed by atoms with Gasteiger partial charge in [0, 0.05) is 19.0 Å². The number of rotatable bonds is 3. The number of carbonyl (C=O) groups excluding carboxylic acids is 1. The van der Waals surface area contributed by atoms with Crippen molar-refractivity contribution >= 4 is 28.4 Å². The molecule has 3 rings (SSSR count). The van der Waals surface area contributed by atoms with E-state index >= 15 is 0 Å².